The molecule has 0 amide bonds. The maximum absolute atomic E-state index is 6.98. The summed E-state index contributed by atoms with van der Waals surface area (Å²) in [7, 11) is 0. The third-order valence-electron chi connectivity index (χ3n) is 13.1. The van der Waals surface area contributed by atoms with Crippen LogP contribution in [0.4, 0.5) is 0 Å². The molecular formula is C63H57N3O2. The normalized spacial score (nSPS) is 18.9. The number of benzene rings is 6. The molecule has 6 aromatic rings. The van der Waals surface area contributed by atoms with E-state index in [1.807, 2.05) is 37.3 Å². The van der Waals surface area contributed by atoms with Crippen molar-refractivity contribution in [2.45, 2.75) is 43.8 Å². The van der Waals surface area contributed by atoms with Gasteiger partial charge in [0, 0.05) is 23.6 Å². The van der Waals surface area contributed by atoms with Crippen molar-refractivity contribution in [1.82, 2.24) is 0 Å². The van der Waals surface area contributed by atoms with Crippen LogP contribution in [0.2, 0.25) is 0 Å². The molecule has 0 aromatic heterocycles. The predicted molar refractivity (Wildman–Crippen MR) is 285 cm³/mol. The molecule has 5 aliphatic rings. The zero-order valence-electron chi connectivity index (χ0n) is 38.8. The van der Waals surface area contributed by atoms with Crippen LogP contribution < -0.4 is 9.47 Å². The smallest absolute Gasteiger partial charge is 0.170 e. The molecule has 0 fully saturated rings. The molecule has 1 aliphatic heterocycles. The van der Waals surface area contributed by atoms with Gasteiger partial charge in [0.25, 0.3) is 0 Å². The summed E-state index contributed by atoms with van der Waals surface area (Å²) in [4.78, 5) is 13.0. The summed E-state index contributed by atoms with van der Waals surface area (Å²) in [5.41, 5.74) is 13.9. The van der Waals surface area contributed by atoms with Gasteiger partial charge in [0.2, 0.25) is 0 Å². The lowest BCUT2D eigenvalue weighted by atomic mass is 9.68. The number of nitrogens with zero attached hydrogens (tertiary/aromatic N) is 3. The van der Waals surface area contributed by atoms with E-state index in [1.54, 1.807) is 6.08 Å². The summed E-state index contributed by atoms with van der Waals surface area (Å²) in [6.45, 7) is 14.1. The van der Waals surface area contributed by atoms with Crippen molar-refractivity contribution >= 4 is 19.3 Å². The summed E-state index contributed by atoms with van der Waals surface area (Å²) in [5, 5.41) is 0. The number of aliphatic imine (C=N–C) groups is 3. The van der Waals surface area contributed by atoms with Crippen LogP contribution in [0.15, 0.2) is 251 Å². The van der Waals surface area contributed by atoms with Crippen LogP contribution in [0.3, 0.4) is 0 Å². The first kappa shape index (κ1) is 45.3. The molecule has 0 bridgehead atoms. The van der Waals surface area contributed by atoms with Gasteiger partial charge in [-0.3, -0.25) is 4.99 Å². The molecule has 11 rings (SSSR count). The number of amidine groups is 1. The Hall–Kier alpha value is -7.89. The number of fused-ring (bicyclic) bond motifs is 6. The Morgan fingerprint density at radius 1 is 0.691 bits per heavy atom. The van der Waals surface area contributed by atoms with Crippen molar-refractivity contribution in [3.8, 4) is 33.8 Å². The minimum atomic E-state index is -0.471. The molecule has 6 aromatic carbocycles. The van der Waals surface area contributed by atoms with Crippen molar-refractivity contribution in [2.75, 3.05) is 13.1 Å². The first-order valence-electron chi connectivity index (χ1n) is 23.6. The lowest BCUT2D eigenvalue weighted by Gasteiger charge is -2.39. The lowest BCUT2D eigenvalue weighted by Crippen LogP contribution is -2.42. The van der Waals surface area contributed by atoms with Gasteiger partial charge < -0.3 is 14.5 Å². The molecule has 4 aliphatic carbocycles. The van der Waals surface area contributed by atoms with Gasteiger partial charge in [-0.2, -0.15) is 0 Å². The molecule has 0 radical (unpaired) electrons. The SMILES string of the molecule is C=CC.C=NC(=NCC1=CC=CCC1)c1cccc(-c2ccccc2)c1.C=NCC1CC=CC=C1C1=CC=CC2Oc3c(ccc4c3-c3ccccc3C4(c3ccccc3)c3ccccc3)OC12. The molecule has 0 saturated carbocycles. The second-order valence-corrected chi connectivity index (χ2v) is 17.3. The molecule has 68 heavy (non-hydrogen) atoms. The van der Waals surface area contributed by atoms with Crippen LogP contribution in [-0.4, -0.2) is 44.6 Å². The number of hydrogen-bond donors (Lipinski definition) is 0. The predicted octanol–water partition coefficient (Wildman–Crippen LogP) is 14.5. The molecule has 3 unspecified atom stereocenters. The molecule has 3 atom stereocenters. The highest BCUT2D eigenvalue weighted by Gasteiger charge is 2.49. The molecule has 336 valence electrons. The van der Waals surface area contributed by atoms with Crippen molar-refractivity contribution in [3.63, 3.8) is 0 Å². The Morgan fingerprint density at radius 2 is 1.37 bits per heavy atom. The monoisotopic (exact) mass is 887 g/mol. The van der Waals surface area contributed by atoms with E-state index in [4.69, 9.17) is 9.47 Å². The molecule has 0 N–H and O–H groups in total. The zero-order valence-corrected chi connectivity index (χ0v) is 38.8. The summed E-state index contributed by atoms with van der Waals surface area (Å²) in [6, 6.07) is 53.5. The van der Waals surface area contributed by atoms with E-state index in [-0.39, 0.29) is 12.2 Å². The minimum Gasteiger partial charge on any atom is -0.478 e. The fourth-order valence-corrected chi connectivity index (χ4v) is 10.1. The highest BCUT2D eigenvalue weighted by molar-refractivity contribution is 6.02. The summed E-state index contributed by atoms with van der Waals surface area (Å²) < 4.78 is 13.9. The van der Waals surface area contributed by atoms with Crippen molar-refractivity contribution in [2.24, 2.45) is 20.9 Å². The minimum absolute atomic E-state index is 0.227. The van der Waals surface area contributed by atoms with Crippen LogP contribution in [0.5, 0.6) is 11.5 Å². The van der Waals surface area contributed by atoms with Gasteiger partial charge in [-0.1, -0.05) is 194 Å². The average molecular weight is 888 g/mol. The van der Waals surface area contributed by atoms with Crippen LogP contribution in [-0.2, 0) is 5.41 Å². The summed E-state index contributed by atoms with van der Waals surface area (Å²) in [6.07, 6.45) is 23.8. The fraction of sp³-hybridized carbons (Fsp3) is 0.159. The topological polar surface area (TPSA) is 55.5 Å². The van der Waals surface area contributed by atoms with Gasteiger partial charge in [-0.15, -0.1) is 6.58 Å². The van der Waals surface area contributed by atoms with E-state index < -0.39 is 5.41 Å². The molecule has 0 spiro atoms. The maximum Gasteiger partial charge on any atom is 0.170 e. The van der Waals surface area contributed by atoms with Crippen LogP contribution in [0.1, 0.15) is 54.0 Å². The molecule has 1 heterocycles. The van der Waals surface area contributed by atoms with Gasteiger partial charge in [0.1, 0.15) is 0 Å². The van der Waals surface area contributed by atoms with Gasteiger partial charge >= 0.3 is 0 Å². The lowest BCUT2D eigenvalue weighted by molar-refractivity contribution is 0.0695. The third kappa shape index (κ3) is 9.00. The van der Waals surface area contributed by atoms with E-state index in [9.17, 15) is 0 Å². The number of allylic oxidation sites excluding steroid dienone is 9. The Balaban J connectivity index is 0.000000188. The highest BCUT2D eigenvalue weighted by atomic mass is 16.6. The Kier molecular flexibility index (Phi) is 14.1. The van der Waals surface area contributed by atoms with Crippen LogP contribution in [0.25, 0.3) is 22.3 Å². The fourth-order valence-electron chi connectivity index (χ4n) is 10.1. The Bertz CT molecular complexity index is 2970. The largest absolute Gasteiger partial charge is 0.478 e. The third-order valence-corrected chi connectivity index (χ3v) is 13.1. The second-order valence-electron chi connectivity index (χ2n) is 17.3. The zero-order chi connectivity index (χ0) is 46.7. The molecule has 5 heteroatoms. The van der Waals surface area contributed by atoms with E-state index in [1.165, 1.54) is 50.1 Å². The standard InChI is InChI=1S/C39H31NO2.C21H20N2.C3H6/c1-40-25-26-13-8-9-18-29(26)30-20-12-22-34-37(30)41-35-24-23-33-36(38(35)42-34)31-19-10-11-21-32(31)39(33,27-14-4-2-5-15-27)28-16-6-3-7-17-28;1-22-21(23-16-17-9-4-2-5-10-17)20-14-8-13-19(15-20)18-11-6-3-7-12-18;1-3-2/h2-12,14-24,26,34,37H,1,13,25H2;2-4,6-9,11-15H,1,5,10,16H2;3H,1H2,2H3. The number of rotatable bonds is 9. The Labute approximate surface area is 402 Å². The summed E-state index contributed by atoms with van der Waals surface area (Å²) in [5.74, 6) is 2.61. The highest BCUT2D eigenvalue weighted by Crippen LogP contribution is 2.61. The van der Waals surface area contributed by atoms with E-state index in [0.29, 0.717) is 24.8 Å². The van der Waals surface area contributed by atoms with Crippen molar-refractivity contribution < 1.29 is 9.47 Å². The van der Waals surface area contributed by atoms with E-state index in [2.05, 4.69) is 211 Å². The number of hydrogen-bond acceptors (Lipinski definition) is 4. The van der Waals surface area contributed by atoms with Gasteiger partial charge in [0.05, 0.1) is 12.0 Å². The molecular weight excluding hydrogens is 831 g/mol. The van der Waals surface area contributed by atoms with Crippen molar-refractivity contribution in [3.05, 3.63) is 264 Å². The summed E-state index contributed by atoms with van der Waals surface area (Å²) >= 11 is 0. The van der Waals surface area contributed by atoms with Crippen LogP contribution in [0, 0.1) is 5.92 Å². The van der Waals surface area contributed by atoms with E-state index >= 15 is 0 Å². The molecule has 5 nitrogen and oxygen atoms in total. The first-order chi connectivity index (χ1) is 33.6. The van der Waals surface area contributed by atoms with Crippen LogP contribution >= 0.6 is 0 Å². The quantitative estimate of drug-likeness (QED) is 0.0824. The van der Waals surface area contributed by atoms with Gasteiger partial charge in [0.15, 0.2) is 29.5 Å². The molecule has 0 saturated heterocycles. The van der Waals surface area contributed by atoms with E-state index in [0.717, 1.165) is 47.5 Å². The first-order valence-corrected chi connectivity index (χ1v) is 23.6. The van der Waals surface area contributed by atoms with Gasteiger partial charge in [-0.25, -0.2) is 4.99 Å². The second kappa shape index (κ2) is 21.2. The number of ether oxygens (including phenoxy) is 2. The average Bonchev–Trinajstić information content (AvgIpc) is 3.71. The maximum atomic E-state index is 6.98. The van der Waals surface area contributed by atoms with Gasteiger partial charge in [-0.05, 0) is 113 Å². The Morgan fingerprint density at radius 3 is 2.07 bits per heavy atom. The van der Waals surface area contributed by atoms with Crippen molar-refractivity contribution in [1.29, 1.82) is 0 Å².